The van der Waals surface area contributed by atoms with Crippen LogP contribution in [0.4, 0.5) is 14.9 Å². The number of amides is 2. The van der Waals surface area contributed by atoms with E-state index in [1.165, 1.54) is 12.1 Å². The first-order valence-corrected chi connectivity index (χ1v) is 6.43. The van der Waals surface area contributed by atoms with Crippen molar-refractivity contribution >= 4 is 29.3 Å². The van der Waals surface area contributed by atoms with E-state index in [-0.39, 0.29) is 23.0 Å². The zero-order valence-corrected chi connectivity index (χ0v) is 11.9. The lowest BCUT2D eigenvalue weighted by Crippen LogP contribution is -2.43. The zero-order valence-electron chi connectivity index (χ0n) is 11.1. The summed E-state index contributed by atoms with van der Waals surface area (Å²) in [5.74, 6) is -1.75. The summed E-state index contributed by atoms with van der Waals surface area (Å²) >= 11 is 5.76. The van der Waals surface area contributed by atoms with Crippen molar-refractivity contribution < 1.29 is 19.1 Å². The largest absolute Gasteiger partial charge is 0.480 e. The molecule has 5 nitrogen and oxygen atoms in total. The fourth-order valence-electron chi connectivity index (χ4n) is 1.62. The van der Waals surface area contributed by atoms with Gasteiger partial charge in [0.1, 0.15) is 11.9 Å². The molecule has 0 radical (unpaired) electrons. The van der Waals surface area contributed by atoms with Gasteiger partial charge >= 0.3 is 12.0 Å². The number of hydrogen-bond donors (Lipinski definition) is 3. The summed E-state index contributed by atoms with van der Waals surface area (Å²) in [5, 5.41) is 13.5. The number of urea groups is 1. The maximum Gasteiger partial charge on any atom is 0.326 e. The number of carboxylic acid groups (broad SMARTS) is 1. The van der Waals surface area contributed by atoms with Gasteiger partial charge in [0.05, 0.1) is 10.7 Å². The van der Waals surface area contributed by atoms with Gasteiger partial charge in [0, 0.05) is 0 Å². The summed E-state index contributed by atoms with van der Waals surface area (Å²) in [4.78, 5) is 22.7. The maximum atomic E-state index is 13.5. The third-order valence-electron chi connectivity index (χ3n) is 2.51. The molecule has 0 aliphatic heterocycles. The molecule has 1 rings (SSSR count). The Labute approximate surface area is 121 Å². The van der Waals surface area contributed by atoms with Gasteiger partial charge in [0.2, 0.25) is 0 Å². The molecule has 0 spiro atoms. The molecule has 1 aromatic rings. The molecule has 0 aromatic heterocycles. The predicted molar refractivity (Wildman–Crippen MR) is 74.4 cm³/mol. The zero-order chi connectivity index (χ0) is 15.3. The fourth-order valence-corrected chi connectivity index (χ4v) is 1.83. The first kappa shape index (κ1) is 16.2. The Hall–Kier alpha value is -1.82. The number of benzene rings is 1. The molecule has 0 aliphatic rings. The smallest absolute Gasteiger partial charge is 0.326 e. The maximum absolute atomic E-state index is 13.5. The van der Waals surface area contributed by atoms with Crippen LogP contribution in [0.2, 0.25) is 5.02 Å². The van der Waals surface area contributed by atoms with Crippen LogP contribution in [0, 0.1) is 11.7 Å². The minimum atomic E-state index is -1.14. The van der Waals surface area contributed by atoms with Crippen LogP contribution < -0.4 is 10.6 Å². The number of rotatable bonds is 5. The topological polar surface area (TPSA) is 78.4 Å². The van der Waals surface area contributed by atoms with E-state index in [2.05, 4.69) is 10.6 Å². The molecule has 7 heteroatoms. The Morgan fingerprint density at radius 2 is 2.05 bits per heavy atom. The highest BCUT2D eigenvalue weighted by atomic mass is 35.5. The van der Waals surface area contributed by atoms with Crippen molar-refractivity contribution in [1.82, 2.24) is 5.32 Å². The molecule has 0 bridgehead atoms. The molecule has 1 aromatic carbocycles. The van der Waals surface area contributed by atoms with Gasteiger partial charge in [-0.3, -0.25) is 0 Å². The number of carboxylic acids is 1. The predicted octanol–water partition coefficient (Wildman–Crippen LogP) is 3.10. The average Bonchev–Trinajstić information content (AvgIpc) is 2.32. The van der Waals surface area contributed by atoms with Crippen molar-refractivity contribution in [2.75, 3.05) is 5.32 Å². The highest BCUT2D eigenvalue weighted by Crippen LogP contribution is 2.24. The Bertz CT molecular complexity index is 488. The summed E-state index contributed by atoms with van der Waals surface area (Å²) < 4.78 is 13.5. The van der Waals surface area contributed by atoms with E-state index in [9.17, 15) is 14.0 Å². The highest BCUT2D eigenvalue weighted by molar-refractivity contribution is 6.33. The minimum absolute atomic E-state index is 0.0379. The van der Waals surface area contributed by atoms with Gasteiger partial charge in [0.25, 0.3) is 0 Å². The Morgan fingerprint density at radius 3 is 2.55 bits per heavy atom. The molecule has 2 amide bonds. The van der Waals surface area contributed by atoms with E-state index in [0.717, 1.165) is 6.07 Å². The highest BCUT2D eigenvalue weighted by Gasteiger charge is 2.21. The molecule has 110 valence electrons. The number of halogens is 2. The van der Waals surface area contributed by atoms with E-state index in [1.54, 1.807) is 0 Å². The Balaban J connectivity index is 2.73. The normalized spacial score (nSPS) is 12.1. The number of para-hydroxylation sites is 1. The molecule has 0 heterocycles. The lowest BCUT2D eigenvalue weighted by atomic mass is 10.0. The van der Waals surface area contributed by atoms with E-state index >= 15 is 0 Å². The molecule has 0 fully saturated rings. The molecule has 20 heavy (non-hydrogen) atoms. The van der Waals surface area contributed by atoms with E-state index < -0.39 is 23.9 Å². The summed E-state index contributed by atoms with van der Waals surface area (Å²) in [5.41, 5.74) is -0.180. The second-order valence-electron chi connectivity index (χ2n) is 4.72. The van der Waals surface area contributed by atoms with E-state index in [4.69, 9.17) is 16.7 Å². The second kappa shape index (κ2) is 7.09. The lowest BCUT2D eigenvalue weighted by Gasteiger charge is -2.17. The second-order valence-corrected chi connectivity index (χ2v) is 5.12. The molecule has 1 atom stereocenters. The van der Waals surface area contributed by atoms with Crippen molar-refractivity contribution in [3.05, 3.63) is 29.0 Å². The van der Waals surface area contributed by atoms with Gasteiger partial charge in [-0.15, -0.1) is 0 Å². The summed E-state index contributed by atoms with van der Waals surface area (Å²) in [6, 6.07) is 2.11. The number of aliphatic carboxylic acids is 1. The first-order chi connectivity index (χ1) is 9.31. The molecule has 0 saturated heterocycles. The SMILES string of the molecule is CC(C)C[C@H](NC(=O)Nc1c(F)cccc1Cl)C(=O)O. The molecule has 0 aliphatic carbocycles. The van der Waals surface area contributed by atoms with Crippen LogP contribution in [-0.2, 0) is 4.79 Å². The van der Waals surface area contributed by atoms with Crippen LogP contribution in [0.25, 0.3) is 0 Å². The average molecular weight is 303 g/mol. The monoisotopic (exact) mass is 302 g/mol. The van der Waals surface area contributed by atoms with E-state index in [1.807, 2.05) is 13.8 Å². The van der Waals surface area contributed by atoms with Gasteiger partial charge in [-0.2, -0.15) is 0 Å². The number of carbonyl (C=O) groups excluding carboxylic acids is 1. The summed E-state index contributed by atoms with van der Waals surface area (Å²) in [6.45, 7) is 3.67. The van der Waals surface area contributed by atoms with Crippen LogP contribution in [0.1, 0.15) is 20.3 Å². The third kappa shape index (κ3) is 4.70. The van der Waals surface area contributed by atoms with Gasteiger partial charge in [-0.05, 0) is 24.5 Å². The van der Waals surface area contributed by atoms with Gasteiger partial charge in [0.15, 0.2) is 0 Å². The van der Waals surface area contributed by atoms with Crippen LogP contribution >= 0.6 is 11.6 Å². The van der Waals surface area contributed by atoms with Crippen molar-refractivity contribution in [3.63, 3.8) is 0 Å². The molecule has 0 saturated carbocycles. The Morgan fingerprint density at radius 1 is 1.40 bits per heavy atom. The molecule has 3 N–H and O–H groups in total. The van der Waals surface area contributed by atoms with Crippen molar-refractivity contribution in [1.29, 1.82) is 0 Å². The number of nitrogens with one attached hydrogen (secondary N) is 2. The van der Waals surface area contributed by atoms with Gasteiger partial charge in [-0.1, -0.05) is 31.5 Å². The molecule has 0 unspecified atom stereocenters. The number of carbonyl (C=O) groups is 2. The van der Waals surface area contributed by atoms with Crippen LogP contribution in [0.5, 0.6) is 0 Å². The van der Waals surface area contributed by atoms with Gasteiger partial charge in [-0.25, -0.2) is 14.0 Å². The summed E-state index contributed by atoms with van der Waals surface area (Å²) in [6.07, 6.45) is 0.272. The van der Waals surface area contributed by atoms with Crippen molar-refractivity contribution in [2.24, 2.45) is 5.92 Å². The van der Waals surface area contributed by atoms with E-state index in [0.29, 0.717) is 0 Å². The number of anilines is 1. The van der Waals surface area contributed by atoms with Crippen molar-refractivity contribution in [2.45, 2.75) is 26.3 Å². The minimum Gasteiger partial charge on any atom is -0.480 e. The van der Waals surface area contributed by atoms with Crippen LogP contribution in [0.3, 0.4) is 0 Å². The molecular formula is C13H16ClFN2O3. The third-order valence-corrected chi connectivity index (χ3v) is 2.83. The lowest BCUT2D eigenvalue weighted by molar-refractivity contribution is -0.139. The number of hydrogen-bond acceptors (Lipinski definition) is 2. The standard InChI is InChI=1S/C13H16ClFN2O3/c1-7(2)6-10(12(18)19)16-13(20)17-11-8(14)4-3-5-9(11)15/h3-5,7,10H,6H2,1-2H3,(H,18,19)(H2,16,17,20)/t10-/m0/s1. The summed E-state index contributed by atoms with van der Waals surface area (Å²) in [7, 11) is 0. The Kier molecular flexibility index (Phi) is 5.76. The van der Waals surface area contributed by atoms with Gasteiger partial charge < -0.3 is 15.7 Å². The fraction of sp³-hybridized carbons (Fsp3) is 0.385. The quantitative estimate of drug-likeness (QED) is 0.782. The van der Waals surface area contributed by atoms with Crippen molar-refractivity contribution in [3.8, 4) is 0 Å². The first-order valence-electron chi connectivity index (χ1n) is 6.05. The van der Waals surface area contributed by atoms with Crippen LogP contribution in [-0.4, -0.2) is 23.1 Å². The molecular weight excluding hydrogens is 287 g/mol. The van der Waals surface area contributed by atoms with Crippen LogP contribution in [0.15, 0.2) is 18.2 Å².